The first kappa shape index (κ1) is 14.7. The van der Waals surface area contributed by atoms with E-state index >= 15 is 0 Å². The summed E-state index contributed by atoms with van der Waals surface area (Å²) < 4.78 is 26.2. The molecule has 0 aromatic carbocycles. The van der Waals surface area contributed by atoms with Crippen LogP contribution in [0.15, 0.2) is 22.5 Å². The Labute approximate surface area is 123 Å². The monoisotopic (exact) mass is 333 g/mol. The van der Waals surface area contributed by atoms with Gasteiger partial charge in [-0.1, -0.05) is 11.6 Å². The Balaban J connectivity index is 2.36. The topological polar surface area (TPSA) is 109 Å². The summed E-state index contributed by atoms with van der Waals surface area (Å²) in [6.45, 7) is 1.52. The predicted octanol–water partition coefficient (Wildman–Crippen LogP) is 2.00. The third-order valence-electron chi connectivity index (χ3n) is 2.20. The molecule has 20 heavy (non-hydrogen) atoms. The number of aromatic carboxylic acids is 1. The number of anilines is 1. The minimum absolute atomic E-state index is 0.0302. The first-order chi connectivity index (χ1) is 9.29. The number of halogens is 1. The zero-order valence-electron chi connectivity index (χ0n) is 9.99. The third-order valence-corrected chi connectivity index (χ3v) is 5.44. The minimum Gasteiger partial charge on any atom is -0.477 e. The Morgan fingerprint density at radius 2 is 2.20 bits per heavy atom. The van der Waals surface area contributed by atoms with Gasteiger partial charge in [-0.15, -0.1) is 11.3 Å². The molecule has 0 saturated carbocycles. The van der Waals surface area contributed by atoms with E-state index in [1.54, 1.807) is 0 Å². The zero-order chi connectivity index (χ0) is 14.9. The summed E-state index contributed by atoms with van der Waals surface area (Å²) in [4.78, 5) is 18.3. The van der Waals surface area contributed by atoms with Gasteiger partial charge in [0.15, 0.2) is 0 Å². The maximum Gasteiger partial charge on any atom is 0.346 e. The fourth-order valence-electron chi connectivity index (χ4n) is 1.35. The molecule has 0 aliphatic carbocycles. The first-order valence-electron chi connectivity index (χ1n) is 5.14. The first-order valence-corrected chi connectivity index (χ1v) is 7.82. The Hall–Kier alpha value is -1.71. The summed E-state index contributed by atoms with van der Waals surface area (Å²) >= 11 is 6.29. The standard InChI is InChI=1S/C10H8ClN3O4S2/c1-5-4-7(19-8(5)9(15)16)20(17,18)14-10-12-3-2-6(11)13-10/h2-4H,1H3,(H,15,16)(H,12,13,14). The van der Waals surface area contributed by atoms with Gasteiger partial charge in [0, 0.05) is 6.20 Å². The van der Waals surface area contributed by atoms with E-state index in [4.69, 9.17) is 16.7 Å². The van der Waals surface area contributed by atoms with E-state index < -0.39 is 16.0 Å². The predicted molar refractivity (Wildman–Crippen MR) is 73.9 cm³/mol. The van der Waals surface area contributed by atoms with Crippen LogP contribution in [-0.2, 0) is 10.0 Å². The molecule has 0 spiro atoms. The molecule has 2 N–H and O–H groups in total. The number of rotatable bonds is 4. The number of carboxylic acids is 1. The van der Waals surface area contributed by atoms with Crippen LogP contribution >= 0.6 is 22.9 Å². The van der Waals surface area contributed by atoms with Crippen LogP contribution in [0.2, 0.25) is 5.15 Å². The molecule has 0 atom stereocenters. The van der Waals surface area contributed by atoms with Gasteiger partial charge >= 0.3 is 5.97 Å². The van der Waals surface area contributed by atoms with Gasteiger partial charge in [0.2, 0.25) is 5.95 Å². The maximum atomic E-state index is 12.1. The molecule has 2 aromatic rings. The lowest BCUT2D eigenvalue weighted by Gasteiger charge is -2.03. The van der Waals surface area contributed by atoms with Crippen molar-refractivity contribution in [1.82, 2.24) is 9.97 Å². The minimum atomic E-state index is -3.94. The molecule has 0 bridgehead atoms. The van der Waals surface area contributed by atoms with Gasteiger partial charge in [-0.3, -0.25) is 0 Å². The normalized spacial score (nSPS) is 11.3. The van der Waals surface area contributed by atoms with Crippen molar-refractivity contribution in [1.29, 1.82) is 0 Å². The van der Waals surface area contributed by atoms with Crippen LogP contribution in [0.25, 0.3) is 0 Å². The molecule has 2 heterocycles. The molecular formula is C10H8ClN3O4S2. The molecular weight excluding hydrogens is 326 g/mol. The number of sulfonamides is 1. The SMILES string of the molecule is Cc1cc(S(=O)(=O)Nc2nccc(Cl)n2)sc1C(=O)O. The van der Waals surface area contributed by atoms with E-state index in [1.807, 2.05) is 0 Å². The molecule has 2 aromatic heterocycles. The number of thiophene rings is 1. The van der Waals surface area contributed by atoms with Crippen molar-refractivity contribution in [2.75, 3.05) is 4.72 Å². The lowest BCUT2D eigenvalue weighted by Crippen LogP contribution is -2.13. The van der Waals surface area contributed by atoms with Gasteiger partial charge in [0.25, 0.3) is 10.0 Å². The Bertz CT molecular complexity index is 773. The van der Waals surface area contributed by atoms with Gasteiger partial charge in [-0.05, 0) is 24.6 Å². The number of carboxylic acid groups (broad SMARTS) is 1. The van der Waals surface area contributed by atoms with E-state index in [2.05, 4.69) is 14.7 Å². The number of carbonyl (C=O) groups is 1. The quantitative estimate of drug-likeness (QED) is 0.828. The highest BCUT2D eigenvalue weighted by Gasteiger charge is 2.22. The Morgan fingerprint density at radius 3 is 2.75 bits per heavy atom. The van der Waals surface area contributed by atoms with Crippen LogP contribution in [0.4, 0.5) is 5.95 Å². The maximum absolute atomic E-state index is 12.1. The van der Waals surface area contributed by atoms with Crippen molar-refractivity contribution in [2.45, 2.75) is 11.1 Å². The van der Waals surface area contributed by atoms with E-state index in [9.17, 15) is 13.2 Å². The summed E-state index contributed by atoms with van der Waals surface area (Å²) in [5, 5.41) is 9.01. The summed E-state index contributed by atoms with van der Waals surface area (Å²) in [6, 6.07) is 2.68. The van der Waals surface area contributed by atoms with Crippen molar-refractivity contribution in [2.24, 2.45) is 0 Å². The fourth-order valence-corrected chi connectivity index (χ4v) is 3.82. The van der Waals surface area contributed by atoms with Crippen LogP contribution in [0, 0.1) is 6.92 Å². The van der Waals surface area contributed by atoms with Crippen molar-refractivity contribution in [3.05, 3.63) is 33.9 Å². The molecule has 0 unspecified atom stereocenters. The van der Waals surface area contributed by atoms with Gasteiger partial charge in [-0.25, -0.2) is 27.9 Å². The molecule has 10 heteroatoms. The Kier molecular flexibility index (Phi) is 3.93. The summed E-state index contributed by atoms with van der Waals surface area (Å²) in [7, 11) is -3.94. The second-order valence-electron chi connectivity index (χ2n) is 3.69. The fraction of sp³-hybridized carbons (Fsp3) is 0.100. The average Bonchev–Trinajstić information content (AvgIpc) is 2.71. The molecule has 2 rings (SSSR count). The number of nitrogens with one attached hydrogen (secondary N) is 1. The molecule has 0 aliphatic heterocycles. The van der Waals surface area contributed by atoms with Crippen molar-refractivity contribution < 1.29 is 18.3 Å². The molecule has 0 amide bonds. The van der Waals surface area contributed by atoms with Crippen molar-refractivity contribution in [3.8, 4) is 0 Å². The highest BCUT2D eigenvalue weighted by atomic mass is 35.5. The molecule has 0 aliphatic rings. The molecule has 0 radical (unpaired) electrons. The number of nitrogens with zero attached hydrogens (tertiary/aromatic N) is 2. The largest absolute Gasteiger partial charge is 0.477 e. The van der Waals surface area contributed by atoms with E-state index in [-0.39, 0.29) is 20.2 Å². The van der Waals surface area contributed by atoms with Crippen LogP contribution in [-0.4, -0.2) is 29.5 Å². The highest BCUT2D eigenvalue weighted by molar-refractivity contribution is 7.94. The van der Waals surface area contributed by atoms with E-state index in [0.29, 0.717) is 16.9 Å². The molecule has 0 saturated heterocycles. The third kappa shape index (κ3) is 3.06. The highest BCUT2D eigenvalue weighted by Crippen LogP contribution is 2.27. The Morgan fingerprint density at radius 1 is 1.50 bits per heavy atom. The van der Waals surface area contributed by atoms with Gasteiger partial charge in [-0.2, -0.15) is 0 Å². The molecule has 7 nitrogen and oxygen atoms in total. The van der Waals surface area contributed by atoms with Gasteiger partial charge in [0.1, 0.15) is 14.2 Å². The summed E-state index contributed by atoms with van der Waals surface area (Å²) in [5.74, 6) is -1.35. The van der Waals surface area contributed by atoms with Crippen molar-refractivity contribution in [3.63, 3.8) is 0 Å². The second-order valence-corrected chi connectivity index (χ2v) is 7.04. The smallest absolute Gasteiger partial charge is 0.346 e. The van der Waals surface area contributed by atoms with Gasteiger partial charge < -0.3 is 5.11 Å². The molecule has 0 fully saturated rings. The second kappa shape index (κ2) is 5.35. The lowest BCUT2D eigenvalue weighted by atomic mass is 10.3. The van der Waals surface area contributed by atoms with Crippen LogP contribution < -0.4 is 4.72 Å². The number of hydrogen-bond acceptors (Lipinski definition) is 6. The number of aryl methyl sites for hydroxylation is 1. The van der Waals surface area contributed by atoms with Gasteiger partial charge in [0.05, 0.1) is 0 Å². The summed E-state index contributed by atoms with van der Waals surface area (Å²) in [5.41, 5.74) is 0.370. The van der Waals surface area contributed by atoms with Crippen LogP contribution in [0.5, 0.6) is 0 Å². The van der Waals surface area contributed by atoms with Crippen LogP contribution in [0.3, 0.4) is 0 Å². The van der Waals surface area contributed by atoms with E-state index in [1.165, 1.54) is 25.3 Å². The number of aromatic nitrogens is 2. The van der Waals surface area contributed by atoms with E-state index in [0.717, 1.165) is 0 Å². The zero-order valence-corrected chi connectivity index (χ0v) is 12.4. The summed E-state index contributed by atoms with van der Waals surface area (Å²) in [6.07, 6.45) is 1.30. The van der Waals surface area contributed by atoms with Crippen molar-refractivity contribution >= 4 is 44.9 Å². The lowest BCUT2D eigenvalue weighted by molar-refractivity contribution is 0.0701. The number of hydrogen-bond donors (Lipinski definition) is 2. The molecule has 106 valence electrons. The average molecular weight is 334 g/mol. The van der Waals surface area contributed by atoms with Crippen LogP contribution in [0.1, 0.15) is 15.2 Å².